The fourth-order valence-corrected chi connectivity index (χ4v) is 10.5. The molecule has 0 fully saturated rings. The molecule has 12 heteroatoms. The van der Waals surface area contributed by atoms with Crippen LogP contribution in [0.15, 0.2) is 181 Å². The van der Waals surface area contributed by atoms with E-state index in [0.717, 1.165) is 102 Å². The minimum Gasteiger partial charge on any atom is -0.512 e. The standard InChI is InChI=1S/3C17H14N.C14H26O2.C13H24O2.C5H8O2.3Ir/c3*1-12-4-3-5-15(10-12)16-9-8-14-7-6-13(2)11-17(14)18-16;1-6-11(7-2)13(15)10(5)14(16)12(8-3)9-4;1-5-10(6-2)12(14)9-13(15)11(7-3)8-4;1-4(6)3-5(2)7;;;/h3*3-4,6-11H,1-2H3;11-12,15H,6-9H2,1-5H3;9-11,14H,5-8H2,1-4H3;3,6H,1-2H3;;;/q3*-1;;;;;;. The number of fused-ring (bicyclic) bond motifs is 3. The van der Waals surface area contributed by atoms with Crippen LogP contribution in [0.1, 0.15) is 161 Å². The molecule has 3 heterocycles. The minimum absolute atomic E-state index is 0. The number of aliphatic hydroxyl groups excluding tert-OH is 3. The van der Waals surface area contributed by atoms with E-state index in [-0.39, 0.29) is 113 Å². The molecule has 6 aromatic carbocycles. The second kappa shape index (κ2) is 44.8. The molecule has 3 N–H and O–H groups in total. The molecule has 0 atom stereocenters. The molecule has 9 rings (SSSR count). The maximum atomic E-state index is 12.1. The van der Waals surface area contributed by atoms with Crippen LogP contribution in [0.5, 0.6) is 0 Å². The van der Waals surface area contributed by atoms with E-state index in [0.29, 0.717) is 11.3 Å². The van der Waals surface area contributed by atoms with E-state index in [4.69, 9.17) is 20.1 Å². The molecule has 3 aromatic heterocycles. The van der Waals surface area contributed by atoms with Crippen molar-refractivity contribution in [3.05, 3.63) is 232 Å². The largest absolute Gasteiger partial charge is 0.512 e. The summed E-state index contributed by atoms with van der Waals surface area (Å²) in [5.41, 5.74) is 17.2. The molecule has 0 aliphatic rings. The zero-order valence-corrected chi connectivity index (χ0v) is 66.1. The second-order valence-electron chi connectivity index (χ2n) is 23.8. The first-order chi connectivity index (χ1) is 43.9. The predicted octanol–water partition coefficient (Wildman–Crippen LogP) is 22.1. The molecule has 0 unspecified atom stereocenters. The molecule has 0 aliphatic carbocycles. The monoisotopic (exact) mass is 1810 g/mol. The molecule has 0 bridgehead atoms. The first-order valence-electron chi connectivity index (χ1n) is 32.8. The summed E-state index contributed by atoms with van der Waals surface area (Å²) in [6, 6.07) is 59.6. The van der Waals surface area contributed by atoms with Gasteiger partial charge in [0.2, 0.25) is 0 Å². The van der Waals surface area contributed by atoms with Crippen molar-refractivity contribution in [1.82, 2.24) is 15.0 Å². The predicted molar refractivity (Wildman–Crippen MR) is 386 cm³/mol. The summed E-state index contributed by atoms with van der Waals surface area (Å²) in [7, 11) is 0. The Hall–Kier alpha value is -6.87. The number of nitrogens with zero attached hydrogens (tertiary/aromatic N) is 3. The molecular weight excluding hydrogens is 1710 g/mol. The van der Waals surface area contributed by atoms with Crippen molar-refractivity contribution in [2.24, 2.45) is 23.7 Å². The normalized spacial score (nSPS) is 11.2. The van der Waals surface area contributed by atoms with Crippen molar-refractivity contribution in [1.29, 1.82) is 0 Å². The molecular formula is C83H100Ir3N3O6-3. The topological polar surface area (TPSA) is 151 Å². The quantitative estimate of drug-likeness (QED) is 0.0433. The Bertz CT molecular complexity index is 3640. The second-order valence-corrected chi connectivity index (χ2v) is 23.8. The molecule has 3 radical (unpaired) electrons. The average molecular weight is 1810 g/mol. The van der Waals surface area contributed by atoms with Crippen molar-refractivity contribution < 1.29 is 90.0 Å². The molecule has 0 saturated carbocycles. The Morgan fingerprint density at radius 3 is 0.947 bits per heavy atom. The minimum atomic E-state index is -0.125. The molecule has 0 aliphatic heterocycles. The molecule has 9 nitrogen and oxygen atoms in total. The third-order valence-corrected chi connectivity index (χ3v) is 16.2. The van der Waals surface area contributed by atoms with Crippen LogP contribution in [0.25, 0.3) is 66.5 Å². The van der Waals surface area contributed by atoms with Crippen LogP contribution in [-0.4, -0.2) is 47.6 Å². The van der Waals surface area contributed by atoms with Gasteiger partial charge in [-0.3, -0.25) is 29.3 Å². The van der Waals surface area contributed by atoms with Gasteiger partial charge in [-0.1, -0.05) is 149 Å². The van der Waals surface area contributed by atoms with Crippen molar-refractivity contribution in [3.8, 4) is 33.8 Å². The van der Waals surface area contributed by atoms with Gasteiger partial charge in [-0.2, -0.15) is 0 Å². The summed E-state index contributed by atoms with van der Waals surface area (Å²) < 4.78 is 0. The number of benzene rings is 6. The number of pyridine rings is 3. The smallest absolute Gasteiger partial charge is 0.164 e. The number of ketones is 3. The summed E-state index contributed by atoms with van der Waals surface area (Å²) in [5, 5.41) is 31.7. The van der Waals surface area contributed by atoms with Crippen LogP contribution in [0, 0.1) is 83.4 Å². The van der Waals surface area contributed by atoms with Crippen LogP contribution in [-0.2, 0) is 74.7 Å². The van der Waals surface area contributed by atoms with Gasteiger partial charge in [0.25, 0.3) is 0 Å². The van der Waals surface area contributed by atoms with Gasteiger partial charge in [-0.05, 0) is 161 Å². The number of Topliss-reactive ketones (excluding diaryl/α,β-unsaturated/α-hetero) is 1. The summed E-state index contributed by atoms with van der Waals surface area (Å²) >= 11 is 0. The molecule has 95 heavy (non-hydrogen) atoms. The third kappa shape index (κ3) is 28.4. The number of hydrogen-bond acceptors (Lipinski definition) is 9. The van der Waals surface area contributed by atoms with Gasteiger partial charge < -0.3 is 15.3 Å². The maximum absolute atomic E-state index is 12.1. The number of carbonyl (C=O) groups excluding carboxylic acids is 3. The van der Waals surface area contributed by atoms with Gasteiger partial charge in [0.1, 0.15) is 5.76 Å². The Kier molecular flexibility index (Phi) is 40.6. The third-order valence-electron chi connectivity index (χ3n) is 16.2. The molecule has 0 spiro atoms. The van der Waals surface area contributed by atoms with E-state index in [1.807, 2.05) is 73.6 Å². The van der Waals surface area contributed by atoms with Gasteiger partial charge in [-0.15, -0.1) is 106 Å². The Labute approximate surface area is 609 Å². The van der Waals surface area contributed by atoms with Gasteiger partial charge >= 0.3 is 0 Å². The maximum Gasteiger partial charge on any atom is 0.164 e. The molecule has 9 aromatic rings. The van der Waals surface area contributed by atoms with Crippen molar-refractivity contribution in [2.45, 2.75) is 169 Å². The van der Waals surface area contributed by atoms with Gasteiger partial charge in [-0.25, -0.2) is 0 Å². The molecule has 0 amide bonds. The Balaban J connectivity index is 0.000000576. The summed E-state index contributed by atoms with van der Waals surface area (Å²) in [5.74, 6) is 1.12. The van der Waals surface area contributed by atoms with Crippen LogP contribution in [0.2, 0.25) is 0 Å². The first-order valence-corrected chi connectivity index (χ1v) is 32.8. The van der Waals surface area contributed by atoms with E-state index in [1.165, 1.54) is 75.5 Å². The molecule has 513 valence electrons. The van der Waals surface area contributed by atoms with Crippen LogP contribution >= 0.6 is 0 Å². The molecule has 0 saturated heterocycles. The fourth-order valence-electron chi connectivity index (χ4n) is 10.5. The Morgan fingerprint density at radius 2 is 0.684 bits per heavy atom. The number of allylic oxidation sites excluding steroid dienone is 6. The van der Waals surface area contributed by atoms with Gasteiger partial charge in [0.15, 0.2) is 17.3 Å². The van der Waals surface area contributed by atoms with E-state index >= 15 is 0 Å². The van der Waals surface area contributed by atoms with Crippen molar-refractivity contribution in [3.63, 3.8) is 0 Å². The fraction of sp³-hybridized carbons (Fsp3) is 0.349. The summed E-state index contributed by atoms with van der Waals surface area (Å²) in [6.07, 6.45) is 9.54. The van der Waals surface area contributed by atoms with Crippen molar-refractivity contribution >= 4 is 50.1 Å². The number of hydrogen-bond donors (Lipinski definition) is 3. The first kappa shape index (κ1) is 86.1. The van der Waals surface area contributed by atoms with Gasteiger partial charge in [0, 0.05) is 102 Å². The average Bonchev–Trinajstić information content (AvgIpc) is 0.895. The van der Waals surface area contributed by atoms with Crippen molar-refractivity contribution in [2.75, 3.05) is 0 Å². The summed E-state index contributed by atoms with van der Waals surface area (Å²) in [6.45, 7) is 33.3. The number of carbonyl (C=O) groups is 3. The van der Waals surface area contributed by atoms with E-state index < -0.39 is 0 Å². The van der Waals surface area contributed by atoms with E-state index in [9.17, 15) is 24.6 Å². The number of aromatic nitrogens is 3. The van der Waals surface area contributed by atoms with Gasteiger partial charge in [0.05, 0.1) is 28.1 Å². The van der Waals surface area contributed by atoms with E-state index in [2.05, 4.69) is 187 Å². The Morgan fingerprint density at radius 1 is 0.389 bits per heavy atom. The van der Waals surface area contributed by atoms with Crippen LogP contribution in [0.3, 0.4) is 0 Å². The van der Waals surface area contributed by atoms with Crippen LogP contribution in [0.4, 0.5) is 0 Å². The van der Waals surface area contributed by atoms with Crippen LogP contribution < -0.4 is 0 Å². The number of rotatable bonds is 18. The SMILES string of the molecule is CC(=O)C=C(C)O.CCC(CC)C(=O)C(C)=C(O)C(CC)CC.CCC(CC)C(=O)C=C(O)C(CC)CC.Cc1cc[c-]c(-c2ccc3ccc(C)cc3n2)c1.Cc1cc[c-]c(-c2ccc3ccc(C)cc3n2)c1.Cc1cc[c-]c(-c2ccc3ccc(C)cc3n2)c1.[Ir].[Ir].[Ir]. The zero-order chi connectivity index (χ0) is 68.0. The zero-order valence-electron chi connectivity index (χ0n) is 58.9. The van der Waals surface area contributed by atoms with E-state index in [1.54, 1.807) is 6.92 Å². The number of aliphatic hydroxyl groups is 3. The summed E-state index contributed by atoms with van der Waals surface area (Å²) in [4.78, 5) is 47.9. The number of aryl methyl sites for hydroxylation is 6.